The molecule has 1 amide bonds. The smallest absolute Gasteiger partial charge is 0.305 e. The SMILES string of the molecule is CCCCCCCCCCCC/C=C/C(O)C(CO)NC(=O)CCCCCCCCCCCCCCCCCCCCCCCOC(=O)CCCCCCCCCCCCCC. The van der Waals surface area contributed by atoms with E-state index in [0.717, 1.165) is 38.5 Å². The van der Waals surface area contributed by atoms with Gasteiger partial charge in [-0.3, -0.25) is 9.59 Å². The summed E-state index contributed by atoms with van der Waals surface area (Å²) in [6, 6.07) is -0.626. The summed E-state index contributed by atoms with van der Waals surface area (Å²) in [5.74, 6) is -0.0564. The van der Waals surface area contributed by atoms with Crippen LogP contribution in [-0.4, -0.2) is 47.4 Å². The number of hydrogen-bond acceptors (Lipinski definition) is 5. The molecule has 0 aliphatic rings. The van der Waals surface area contributed by atoms with E-state index in [0.29, 0.717) is 19.4 Å². The van der Waals surface area contributed by atoms with E-state index in [-0.39, 0.29) is 18.5 Å². The number of ether oxygens (including phenoxy) is 1. The molecular weight excluding hydrogens is 767 g/mol. The van der Waals surface area contributed by atoms with Crippen LogP contribution in [0.15, 0.2) is 12.2 Å². The Labute approximate surface area is 387 Å². The Kier molecular flexibility index (Phi) is 51.0. The van der Waals surface area contributed by atoms with Crippen LogP contribution < -0.4 is 5.32 Å². The summed E-state index contributed by atoms with van der Waals surface area (Å²) in [5, 5.41) is 23.0. The topological polar surface area (TPSA) is 95.9 Å². The van der Waals surface area contributed by atoms with Crippen molar-refractivity contribution in [3.8, 4) is 0 Å². The highest BCUT2D eigenvalue weighted by Crippen LogP contribution is 2.17. The third-order valence-corrected chi connectivity index (χ3v) is 13.1. The molecule has 2 atom stereocenters. The maximum atomic E-state index is 12.4. The lowest BCUT2D eigenvalue weighted by Gasteiger charge is -2.20. The third-order valence-electron chi connectivity index (χ3n) is 13.1. The minimum atomic E-state index is -0.843. The molecule has 0 rings (SSSR count). The zero-order chi connectivity index (χ0) is 45.1. The minimum absolute atomic E-state index is 0.0122. The molecule has 0 aromatic heterocycles. The van der Waals surface area contributed by atoms with E-state index in [9.17, 15) is 19.8 Å². The highest BCUT2D eigenvalue weighted by atomic mass is 16.5. The van der Waals surface area contributed by atoms with Gasteiger partial charge in [-0.05, 0) is 32.1 Å². The first-order valence-electron chi connectivity index (χ1n) is 28.0. The molecule has 6 heteroatoms. The second kappa shape index (κ2) is 52.2. The van der Waals surface area contributed by atoms with Gasteiger partial charge in [0.1, 0.15) is 0 Å². The predicted molar refractivity (Wildman–Crippen MR) is 269 cm³/mol. The van der Waals surface area contributed by atoms with Gasteiger partial charge < -0.3 is 20.3 Å². The lowest BCUT2D eigenvalue weighted by molar-refractivity contribution is -0.143. The summed E-state index contributed by atoms with van der Waals surface area (Å²) in [6.45, 7) is 4.90. The van der Waals surface area contributed by atoms with Crippen molar-refractivity contribution >= 4 is 11.9 Å². The summed E-state index contributed by atoms with van der Waals surface area (Å²) in [4.78, 5) is 24.4. The Hall–Kier alpha value is -1.40. The highest BCUT2D eigenvalue weighted by Gasteiger charge is 2.18. The number of esters is 1. The Morgan fingerprint density at radius 1 is 0.435 bits per heavy atom. The van der Waals surface area contributed by atoms with Crippen LogP contribution in [0.1, 0.15) is 309 Å². The average Bonchev–Trinajstić information content (AvgIpc) is 3.27. The number of amides is 1. The number of carbonyl (C=O) groups is 2. The lowest BCUT2D eigenvalue weighted by atomic mass is 10.0. The van der Waals surface area contributed by atoms with Crippen LogP contribution in [0.3, 0.4) is 0 Å². The Bertz CT molecular complexity index is 924. The molecule has 0 aliphatic carbocycles. The fourth-order valence-corrected chi connectivity index (χ4v) is 8.75. The molecule has 0 bridgehead atoms. The van der Waals surface area contributed by atoms with Crippen LogP contribution in [0.25, 0.3) is 0 Å². The fraction of sp³-hybridized carbons (Fsp3) is 0.929. The van der Waals surface area contributed by atoms with E-state index in [2.05, 4.69) is 19.2 Å². The van der Waals surface area contributed by atoms with E-state index in [1.807, 2.05) is 6.08 Å². The quantitative estimate of drug-likeness (QED) is 0.0321. The molecular formula is C56H109NO5. The molecule has 0 fully saturated rings. The molecule has 368 valence electrons. The van der Waals surface area contributed by atoms with Crippen molar-refractivity contribution < 1.29 is 24.5 Å². The van der Waals surface area contributed by atoms with Gasteiger partial charge in [0, 0.05) is 12.8 Å². The molecule has 0 aromatic rings. The predicted octanol–water partition coefficient (Wildman–Crippen LogP) is 16.9. The Balaban J connectivity index is 3.39. The van der Waals surface area contributed by atoms with Gasteiger partial charge in [-0.25, -0.2) is 0 Å². The number of rotatable bonds is 52. The molecule has 0 heterocycles. The van der Waals surface area contributed by atoms with E-state index in [4.69, 9.17) is 4.74 Å². The maximum absolute atomic E-state index is 12.4. The first-order chi connectivity index (χ1) is 30.5. The summed E-state index contributed by atoms with van der Waals surface area (Å²) < 4.78 is 5.47. The van der Waals surface area contributed by atoms with Gasteiger partial charge in [0.15, 0.2) is 0 Å². The molecule has 0 spiro atoms. The number of aliphatic hydroxyl groups excluding tert-OH is 2. The first-order valence-corrected chi connectivity index (χ1v) is 28.0. The van der Waals surface area contributed by atoms with Crippen molar-refractivity contribution in [1.82, 2.24) is 5.32 Å². The van der Waals surface area contributed by atoms with Crippen LogP contribution in [0.4, 0.5) is 0 Å². The molecule has 6 nitrogen and oxygen atoms in total. The number of allylic oxidation sites excluding steroid dienone is 1. The highest BCUT2D eigenvalue weighted by molar-refractivity contribution is 5.76. The van der Waals surface area contributed by atoms with Crippen LogP contribution in [0.2, 0.25) is 0 Å². The number of aliphatic hydroxyl groups is 2. The lowest BCUT2D eigenvalue weighted by Crippen LogP contribution is -2.45. The third kappa shape index (κ3) is 48.1. The summed E-state index contributed by atoms with van der Waals surface area (Å²) in [5.41, 5.74) is 0. The van der Waals surface area contributed by atoms with Crippen LogP contribution in [-0.2, 0) is 14.3 Å². The van der Waals surface area contributed by atoms with Crippen LogP contribution in [0.5, 0.6) is 0 Å². The van der Waals surface area contributed by atoms with Crippen molar-refractivity contribution in [2.75, 3.05) is 13.2 Å². The first kappa shape index (κ1) is 60.6. The molecule has 0 saturated carbocycles. The minimum Gasteiger partial charge on any atom is -0.466 e. The molecule has 0 saturated heterocycles. The molecule has 0 aromatic carbocycles. The van der Waals surface area contributed by atoms with Crippen molar-refractivity contribution in [1.29, 1.82) is 0 Å². The van der Waals surface area contributed by atoms with Crippen molar-refractivity contribution in [2.24, 2.45) is 0 Å². The Morgan fingerprint density at radius 2 is 0.742 bits per heavy atom. The average molecular weight is 876 g/mol. The molecule has 0 radical (unpaired) electrons. The summed E-state index contributed by atoms with van der Waals surface area (Å²) in [6.07, 6.45) is 60.9. The fourth-order valence-electron chi connectivity index (χ4n) is 8.75. The zero-order valence-electron chi connectivity index (χ0n) is 41.9. The molecule has 0 aliphatic heterocycles. The summed E-state index contributed by atoms with van der Waals surface area (Å²) in [7, 11) is 0. The van der Waals surface area contributed by atoms with E-state index in [1.54, 1.807) is 6.08 Å². The normalized spacial score (nSPS) is 12.6. The van der Waals surface area contributed by atoms with Gasteiger partial charge in [-0.1, -0.05) is 276 Å². The van der Waals surface area contributed by atoms with E-state index >= 15 is 0 Å². The van der Waals surface area contributed by atoms with E-state index in [1.165, 1.54) is 244 Å². The van der Waals surface area contributed by atoms with Gasteiger partial charge in [0.25, 0.3) is 0 Å². The summed E-state index contributed by atoms with van der Waals surface area (Å²) >= 11 is 0. The van der Waals surface area contributed by atoms with Gasteiger partial charge in [0.2, 0.25) is 5.91 Å². The van der Waals surface area contributed by atoms with Crippen molar-refractivity contribution in [3.63, 3.8) is 0 Å². The maximum Gasteiger partial charge on any atom is 0.305 e. The van der Waals surface area contributed by atoms with Gasteiger partial charge in [-0.2, -0.15) is 0 Å². The van der Waals surface area contributed by atoms with Crippen molar-refractivity contribution in [2.45, 2.75) is 321 Å². The van der Waals surface area contributed by atoms with Crippen LogP contribution >= 0.6 is 0 Å². The largest absolute Gasteiger partial charge is 0.466 e. The second-order valence-corrected chi connectivity index (χ2v) is 19.3. The molecule has 62 heavy (non-hydrogen) atoms. The van der Waals surface area contributed by atoms with Gasteiger partial charge in [-0.15, -0.1) is 0 Å². The van der Waals surface area contributed by atoms with Crippen LogP contribution in [0, 0.1) is 0 Å². The second-order valence-electron chi connectivity index (χ2n) is 19.3. The van der Waals surface area contributed by atoms with Gasteiger partial charge in [0.05, 0.1) is 25.4 Å². The number of nitrogens with one attached hydrogen (secondary N) is 1. The Morgan fingerprint density at radius 3 is 1.10 bits per heavy atom. The zero-order valence-corrected chi connectivity index (χ0v) is 41.9. The molecule has 3 N–H and O–H groups in total. The van der Waals surface area contributed by atoms with Gasteiger partial charge >= 0.3 is 5.97 Å². The number of hydrogen-bond donors (Lipinski definition) is 3. The number of carbonyl (C=O) groups excluding carboxylic acids is 2. The molecule has 2 unspecified atom stereocenters. The monoisotopic (exact) mass is 876 g/mol. The number of unbranched alkanes of at least 4 members (excludes halogenated alkanes) is 41. The van der Waals surface area contributed by atoms with E-state index < -0.39 is 12.1 Å². The van der Waals surface area contributed by atoms with Crippen molar-refractivity contribution in [3.05, 3.63) is 12.2 Å². The standard InChI is InChI=1S/C56H109NO5/c1-3-5-7-9-11-13-15-28-32-36-40-44-48-54(59)53(52-58)57-55(60)49-45-41-37-33-29-26-24-22-20-18-17-19-21-23-25-27-31-35-39-43-47-51-62-56(61)50-46-42-38-34-30-16-14-12-10-8-6-4-2/h44,48,53-54,58-59H,3-43,45-47,49-52H2,1-2H3,(H,57,60)/b48-44+.